The number of nitrogens with one attached hydrogen (secondary N) is 1. The molecule has 2 aromatic carbocycles. The van der Waals surface area contributed by atoms with Crippen LogP contribution in [0.4, 0.5) is 10.7 Å². The number of amides is 1. The number of anilines is 1. The molecule has 1 atom stereocenters. The zero-order valence-electron chi connectivity index (χ0n) is 23.8. The highest BCUT2D eigenvalue weighted by Gasteiger charge is 2.33. The minimum absolute atomic E-state index is 0.173. The number of hydrogen-bond donors (Lipinski definition) is 1. The number of ether oxygens (including phenoxy) is 1. The Morgan fingerprint density at radius 1 is 1.12 bits per heavy atom. The van der Waals surface area contributed by atoms with Crippen LogP contribution >= 0.6 is 22.9 Å². The number of aryl methyl sites for hydroxylation is 1. The van der Waals surface area contributed by atoms with Crippen molar-refractivity contribution in [2.45, 2.75) is 47.0 Å². The maximum Gasteiger partial charge on any atom is 0.337 e. The molecular weight excluding hydrogens is 556 g/mol. The molecule has 0 spiro atoms. The van der Waals surface area contributed by atoms with E-state index in [1.807, 2.05) is 25.1 Å². The summed E-state index contributed by atoms with van der Waals surface area (Å²) >= 11 is 7.62. The molecule has 1 amide bonds. The highest BCUT2D eigenvalue weighted by molar-refractivity contribution is 7.16. The highest BCUT2D eigenvalue weighted by atomic mass is 35.5. The average Bonchev–Trinajstić information content (AvgIpc) is 3.56. The van der Waals surface area contributed by atoms with Crippen LogP contribution in [0, 0.1) is 18.3 Å². The average molecular weight is 589 g/mol. The van der Waals surface area contributed by atoms with Crippen LogP contribution in [-0.4, -0.2) is 25.2 Å². The monoisotopic (exact) mass is 588 g/mol. The van der Waals surface area contributed by atoms with Crippen molar-refractivity contribution in [2.24, 2.45) is 16.3 Å². The van der Waals surface area contributed by atoms with Crippen LogP contribution in [0.15, 0.2) is 64.0 Å². The summed E-state index contributed by atoms with van der Waals surface area (Å²) in [6.45, 7) is 8.76. The first kappa shape index (κ1) is 28.8. The Labute approximate surface area is 249 Å². The molecule has 4 aromatic rings. The number of benzene rings is 2. The third kappa shape index (κ3) is 6.31. The molecule has 0 fully saturated rings. The summed E-state index contributed by atoms with van der Waals surface area (Å²) in [6, 6.07) is 16.2. The van der Waals surface area contributed by atoms with Gasteiger partial charge in [0.05, 0.1) is 24.5 Å². The van der Waals surface area contributed by atoms with Gasteiger partial charge in [-0.2, -0.15) is 0 Å². The van der Waals surface area contributed by atoms with E-state index in [2.05, 4.69) is 26.1 Å². The third-order valence-corrected chi connectivity index (χ3v) is 9.06. The Balaban J connectivity index is 1.45. The number of methoxy groups -OCH3 is 1. The highest BCUT2D eigenvalue weighted by Crippen LogP contribution is 2.45. The van der Waals surface area contributed by atoms with Gasteiger partial charge in [-0.15, -0.1) is 11.3 Å². The molecule has 5 rings (SSSR count). The second-order valence-corrected chi connectivity index (χ2v) is 13.0. The van der Waals surface area contributed by atoms with Crippen LogP contribution in [0.25, 0.3) is 11.3 Å². The van der Waals surface area contributed by atoms with Crippen molar-refractivity contribution >= 4 is 51.7 Å². The second kappa shape index (κ2) is 11.7. The number of thiophene rings is 1. The van der Waals surface area contributed by atoms with E-state index >= 15 is 0 Å². The standard InChI is InChI=1S/C33H33ClN2O4S/c1-19-16-20(32(38)39-5)6-13-25(19)27-15-12-24(40-27)18-35-31-29(30(37)36-23-10-8-22(34)9-11-23)26-14-7-21(33(2,3)4)17-28(26)41-31/h6,8-13,15-16,18,21H,7,14,17H2,1-5H3,(H,36,37)/t21-/m1/s1. The molecule has 6 nitrogen and oxygen atoms in total. The topological polar surface area (TPSA) is 80.9 Å². The molecule has 8 heteroatoms. The maximum atomic E-state index is 13.6. The van der Waals surface area contributed by atoms with Crippen LogP contribution in [-0.2, 0) is 17.6 Å². The van der Waals surface area contributed by atoms with Gasteiger partial charge in [0.1, 0.15) is 16.5 Å². The Morgan fingerprint density at radius 3 is 2.56 bits per heavy atom. The quantitative estimate of drug-likeness (QED) is 0.180. The molecule has 0 saturated carbocycles. The predicted octanol–water partition coefficient (Wildman–Crippen LogP) is 8.91. The van der Waals surface area contributed by atoms with Crippen molar-refractivity contribution in [1.29, 1.82) is 0 Å². The maximum absolute atomic E-state index is 13.6. The second-order valence-electron chi connectivity index (χ2n) is 11.4. The van der Waals surface area contributed by atoms with E-state index in [0.717, 1.165) is 36.0 Å². The van der Waals surface area contributed by atoms with Crippen LogP contribution < -0.4 is 5.32 Å². The van der Waals surface area contributed by atoms with Crippen molar-refractivity contribution < 1.29 is 18.7 Å². The summed E-state index contributed by atoms with van der Waals surface area (Å²) in [5.74, 6) is 1.22. The first-order chi connectivity index (χ1) is 19.5. The Bertz CT molecular complexity index is 1630. The molecule has 2 heterocycles. The summed E-state index contributed by atoms with van der Waals surface area (Å²) in [6.07, 6.45) is 4.48. The molecule has 1 N–H and O–H groups in total. The summed E-state index contributed by atoms with van der Waals surface area (Å²) < 4.78 is 10.9. The lowest BCUT2D eigenvalue weighted by molar-refractivity contribution is 0.0600. The van der Waals surface area contributed by atoms with Gasteiger partial charge in [-0.25, -0.2) is 9.79 Å². The molecule has 0 aliphatic heterocycles. The van der Waals surface area contributed by atoms with Crippen LogP contribution in [0.2, 0.25) is 5.02 Å². The summed E-state index contributed by atoms with van der Waals surface area (Å²) in [7, 11) is 1.36. The normalized spacial score (nSPS) is 15.1. The van der Waals surface area contributed by atoms with E-state index in [4.69, 9.17) is 25.7 Å². The van der Waals surface area contributed by atoms with Gasteiger partial charge >= 0.3 is 5.97 Å². The van der Waals surface area contributed by atoms with Crippen molar-refractivity contribution in [1.82, 2.24) is 0 Å². The molecule has 0 radical (unpaired) electrons. The van der Waals surface area contributed by atoms with Gasteiger partial charge in [-0.1, -0.05) is 38.4 Å². The molecule has 0 unspecified atom stereocenters. The van der Waals surface area contributed by atoms with Gasteiger partial charge < -0.3 is 14.5 Å². The van der Waals surface area contributed by atoms with Gasteiger partial charge in [0.25, 0.3) is 5.91 Å². The molecule has 0 bridgehead atoms. The fourth-order valence-corrected chi connectivity index (χ4v) is 6.63. The van der Waals surface area contributed by atoms with Crippen LogP contribution in [0.5, 0.6) is 0 Å². The van der Waals surface area contributed by atoms with Crippen molar-refractivity contribution in [3.63, 3.8) is 0 Å². The number of aliphatic imine (C=N–C) groups is 1. The molecule has 2 aromatic heterocycles. The van der Waals surface area contributed by atoms with Gasteiger partial charge in [-0.3, -0.25) is 4.79 Å². The number of rotatable bonds is 6. The number of esters is 1. The molecule has 41 heavy (non-hydrogen) atoms. The van der Waals surface area contributed by atoms with Crippen LogP contribution in [0.1, 0.15) is 69.7 Å². The minimum Gasteiger partial charge on any atom is -0.465 e. The van der Waals surface area contributed by atoms with E-state index < -0.39 is 0 Å². The first-order valence-electron chi connectivity index (χ1n) is 13.6. The number of hydrogen-bond acceptors (Lipinski definition) is 6. The number of nitrogens with zero attached hydrogens (tertiary/aromatic N) is 1. The summed E-state index contributed by atoms with van der Waals surface area (Å²) in [5.41, 5.74) is 4.85. The molecular formula is C33H33ClN2O4S. The SMILES string of the molecule is COC(=O)c1ccc(-c2ccc(C=Nc3sc4c(c3C(=O)Nc3ccc(Cl)cc3)CC[C@@H](C(C)(C)C)C4)o2)c(C)c1. The Hall–Kier alpha value is -3.68. The lowest BCUT2D eigenvalue weighted by Crippen LogP contribution is -2.27. The lowest BCUT2D eigenvalue weighted by atomic mass is 9.72. The fourth-order valence-electron chi connectivity index (χ4n) is 5.24. The first-order valence-corrected chi connectivity index (χ1v) is 14.8. The van der Waals surface area contributed by atoms with E-state index in [1.165, 1.54) is 12.0 Å². The van der Waals surface area contributed by atoms with Crippen LogP contribution in [0.3, 0.4) is 0 Å². The van der Waals surface area contributed by atoms with E-state index in [9.17, 15) is 9.59 Å². The zero-order chi connectivity index (χ0) is 29.3. The smallest absolute Gasteiger partial charge is 0.337 e. The molecule has 1 aliphatic carbocycles. The Kier molecular flexibility index (Phi) is 8.20. The zero-order valence-corrected chi connectivity index (χ0v) is 25.4. The Morgan fingerprint density at radius 2 is 1.88 bits per heavy atom. The minimum atomic E-state index is -0.379. The number of furan rings is 1. The van der Waals surface area contributed by atoms with Gasteiger partial charge in [0.2, 0.25) is 0 Å². The molecule has 1 aliphatic rings. The molecule has 0 saturated heterocycles. The van der Waals surface area contributed by atoms with Gasteiger partial charge in [0.15, 0.2) is 0 Å². The van der Waals surface area contributed by atoms with E-state index in [1.54, 1.807) is 53.9 Å². The van der Waals surface area contributed by atoms with E-state index in [-0.39, 0.29) is 17.3 Å². The third-order valence-electron chi connectivity index (χ3n) is 7.65. The van der Waals surface area contributed by atoms with Gasteiger partial charge in [-0.05, 0) is 97.2 Å². The number of fused-ring (bicyclic) bond motifs is 1. The van der Waals surface area contributed by atoms with Crippen molar-refractivity contribution in [3.05, 3.63) is 92.5 Å². The number of carbonyl (C=O) groups is 2. The largest absolute Gasteiger partial charge is 0.465 e. The summed E-state index contributed by atoms with van der Waals surface area (Å²) in [5, 5.41) is 4.32. The summed E-state index contributed by atoms with van der Waals surface area (Å²) in [4.78, 5) is 31.5. The molecule has 212 valence electrons. The van der Waals surface area contributed by atoms with Crippen molar-refractivity contribution in [2.75, 3.05) is 12.4 Å². The van der Waals surface area contributed by atoms with E-state index in [0.29, 0.717) is 44.3 Å². The number of carbonyl (C=O) groups excluding carboxylic acids is 2. The van der Waals surface area contributed by atoms with Gasteiger partial charge in [0, 0.05) is 21.2 Å². The predicted molar refractivity (Wildman–Crippen MR) is 166 cm³/mol. The van der Waals surface area contributed by atoms with Crippen molar-refractivity contribution in [3.8, 4) is 11.3 Å². The lowest BCUT2D eigenvalue weighted by Gasteiger charge is -2.33. The number of halogens is 1. The fraction of sp³-hybridized carbons (Fsp3) is 0.303.